The Morgan fingerprint density at radius 1 is 1.06 bits per heavy atom. The highest BCUT2D eigenvalue weighted by molar-refractivity contribution is 9.10. The van der Waals surface area contributed by atoms with Gasteiger partial charge in [0, 0.05) is 30.7 Å². The van der Waals surface area contributed by atoms with Gasteiger partial charge in [0.25, 0.3) is 5.91 Å². The number of nitrogens with zero attached hydrogens (tertiary/aromatic N) is 2. The number of hydrogen-bond donors (Lipinski definition) is 0. The summed E-state index contributed by atoms with van der Waals surface area (Å²) in [6, 6.07) is 10.5. The van der Waals surface area contributed by atoms with Crippen molar-refractivity contribution in [2.45, 2.75) is 12.5 Å². The van der Waals surface area contributed by atoms with Crippen LogP contribution in [0.4, 0.5) is 4.39 Å². The Morgan fingerprint density at radius 2 is 1.88 bits per heavy atom. The van der Waals surface area contributed by atoms with Gasteiger partial charge in [-0.1, -0.05) is 28.1 Å². The number of carbonyl (C=O) groups is 1. The summed E-state index contributed by atoms with van der Waals surface area (Å²) in [6.45, 7) is 4.39. The highest BCUT2D eigenvalue weighted by atomic mass is 79.9. The highest BCUT2D eigenvalue weighted by Crippen LogP contribution is 2.38. The molecule has 1 fully saturated rings. The van der Waals surface area contributed by atoms with Crippen molar-refractivity contribution in [1.29, 1.82) is 0 Å². The summed E-state index contributed by atoms with van der Waals surface area (Å²) in [6.07, 6.45) is 0.727. The molecule has 1 atom stereocenters. The number of amides is 1. The van der Waals surface area contributed by atoms with Gasteiger partial charge in [-0.25, -0.2) is 4.39 Å². The maximum atomic E-state index is 14.1. The van der Waals surface area contributed by atoms with Gasteiger partial charge >= 0.3 is 0 Å². The fourth-order valence-electron chi connectivity index (χ4n) is 4.54. The summed E-state index contributed by atoms with van der Waals surface area (Å²) < 4.78 is 26.2. The number of halogens is 2. The van der Waals surface area contributed by atoms with Crippen molar-refractivity contribution in [3.63, 3.8) is 0 Å². The van der Waals surface area contributed by atoms with Crippen LogP contribution in [0, 0.1) is 5.82 Å². The van der Waals surface area contributed by atoms with E-state index in [1.54, 1.807) is 35.2 Å². The van der Waals surface area contributed by atoms with E-state index in [0.29, 0.717) is 36.3 Å². The minimum Gasteiger partial charge on any atom is -0.450 e. The Labute approximate surface area is 192 Å². The summed E-state index contributed by atoms with van der Waals surface area (Å²) in [4.78, 5) is 30.8. The number of benzene rings is 2. The quantitative estimate of drug-likeness (QED) is 0.530. The number of fused-ring (bicyclic) bond motifs is 2. The van der Waals surface area contributed by atoms with Gasteiger partial charge < -0.3 is 14.1 Å². The van der Waals surface area contributed by atoms with Crippen LogP contribution in [-0.2, 0) is 4.74 Å². The molecular formula is C24H22BrFN2O4. The molecule has 0 radical (unpaired) electrons. The summed E-state index contributed by atoms with van der Waals surface area (Å²) in [5.74, 6) is -0.701. The molecule has 2 aromatic carbocycles. The lowest BCUT2D eigenvalue weighted by molar-refractivity contribution is 0.0353. The van der Waals surface area contributed by atoms with Crippen molar-refractivity contribution in [3.05, 3.63) is 79.9 Å². The van der Waals surface area contributed by atoms with Crippen molar-refractivity contribution in [2.24, 2.45) is 0 Å². The van der Waals surface area contributed by atoms with E-state index in [0.717, 1.165) is 30.5 Å². The van der Waals surface area contributed by atoms with Crippen LogP contribution in [-0.4, -0.2) is 55.1 Å². The van der Waals surface area contributed by atoms with E-state index >= 15 is 0 Å². The van der Waals surface area contributed by atoms with Crippen LogP contribution in [0.15, 0.2) is 56.1 Å². The standard InChI is InChI=1S/C24H22BrFN2O4/c25-16-5-6-19-18(14-16)22(29)20-21(15-3-1-4-17(26)13-15)28(24(30)23(20)32-19)8-2-7-27-9-11-31-12-10-27/h1,3-6,13-14,21H,2,7-12H2. The van der Waals surface area contributed by atoms with Crippen molar-refractivity contribution in [3.8, 4) is 0 Å². The molecular weight excluding hydrogens is 479 g/mol. The molecule has 1 saturated heterocycles. The van der Waals surface area contributed by atoms with Crippen LogP contribution < -0.4 is 5.43 Å². The number of morpholine rings is 1. The third-order valence-electron chi connectivity index (χ3n) is 6.07. The zero-order valence-corrected chi connectivity index (χ0v) is 18.9. The first kappa shape index (κ1) is 21.3. The Hall–Kier alpha value is -2.55. The maximum Gasteiger partial charge on any atom is 0.290 e. The van der Waals surface area contributed by atoms with Crippen molar-refractivity contribution in [2.75, 3.05) is 39.4 Å². The van der Waals surface area contributed by atoms with Gasteiger partial charge in [-0.05, 0) is 42.3 Å². The molecule has 0 aliphatic carbocycles. The molecule has 6 nitrogen and oxygen atoms in total. The second-order valence-corrected chi connectivity index (χ2v) is 8.99. The van der Waals surface area contributed by atoms with Gasteiger partial charge in [0.2, 0.25) is 5.76 Å². The normalized spacial score (nSPS) is 19.0. The third-order valence-corrected chi connectivity index (χ3v) is 6.56. The molecule has 166 valence electrons. The van der Waals surface area contributed by atoms with Crippen LogP contribution in [0.25, 0.3) is 11.0 Å². The molecule has 0 bridgehead atoms. The predicted molar refractivity (Wildman–Crippen MR) is 121 cm³/mol. The maximum absolute atomic E-state index is 14.1. The Kier molecular flexibility index (Phi) is 5.84. The Morgan fingerprint density at radius 3 is 2.66 bits per heavy atom. The van der Waals surface area contributed by atoms with Gasteiger partial charge in [-0.3, -0.25) is 14.5 Å². The lowest BCUT2D eigenvalue weighted by Gasteiger charge is -2.29. The van der Waals surface area contributed by atoms with E-state index in [9.17, 15) is 14.0 Å². The zero-order chi connectivity index (χ0) is 22.2. The number of rotatable bonds is 5. The zero-order valence-electron chi connectivity index (χ0n) is 17.4. The van der Waals surface area contributed by atoms with Crippen molar-refractivity contribution >= 4 is 32.8 Å². The Bertz CT molecular complexity index is 1240. The SMILES string of the molecule is O=C1c2oc3ccc(Br)cc3c(=O)c2C(c2cccc(F)c2)N1CCCN1CCOCC1. The van der Waals surface area contributed by atoms with E-state index in [1.807, 2.05) is 0 Å². The van der Waals surface area contributed by atoms with E-state index in [4.69, 9.17) is 9.15 Å². The largest absolute Gasteiger partial charge is 0.450 e. The topological polar surface area (TPSA) is 63.0 Å². The molecule has 0 saturated carbocycles. The molecule has 1 amide bonds. The van der Waals surface area contributed by atoms with E-state index in [2.05, 4.69) is 20.8 Å². The molecule has 5 rings (SSSR count). The fourth-order valence-corrected chi connectivity index (χ4v) is 4.90. The van der Waals surface area contributed by atoms with E-state index in [1.165, 1.54) is 12.1 Å². The molecule has 1 unspecified atom stereocenters. The second-order valence-electron chi connectivity index (χ2n) is 8.08. The molecule has 2 aliphatic heterocycles. The average Bonchev–Trinajstić information content (AvgIpc) is 3.07. The predicted octanol–water partition coefficient (Wildman–Crippen LogP) is 3.96. The Balaban J connectivity index is 1.54. The van der Waals surface area contributed by atoms with Gasteiger partial charge in [-0.15, -0.1) is 0 Å². The molecule has 3 aromatic rings. The molecule has 1 aromatic heterocycles. The van der Waals surface area contributed by atoms with Crippen molar-refractivity contribution in [1.82, 2.24) is 9.80 Å². The van der Waals surface area contributed by atoms with Crippen LogP contribution in [0.2, 0.25) is 0 Å². The highest BCUT2D eigenvalue weighted by Gasteiger charge is 2.42. The smallest absolute Gasteiger partial charge is 0.290 e. The van der Waals surface area contributed by atoms with Gasteiger partial charge in [0.15, 0.2) is 5.43 Å². The van der Waals surface area contributed by atoms with E-state index < -0.39 is 11.9 Å². The summed E-state index contributed by atoms with van der Waals surface area (Å²) in [5, 5.41) is 0.391. The summed E-state index contributed by atoms with van der Waals surface area (Å²) >= 11 is 3.39. The molecule has 2 aliphatic rings. The monoisotopic (exact) mass is 500 g/mol. The molecule has 0 N–H and O–H groups in total. The number of carbonyl (C=O) groups excluding carboxylic acids is 1. The number of ether oxygens (including phenoxy) is 1. The minimum atomic E-state index is -0.683. The summed E-state index contributed by atoms with van der Waals surface area (Å²) in [5.41, 5.74) is 0.932. The van der Waals surface area contributed by atoms with Crippen LogP contribution in [0.1, 0.15) is 34.1 Å². The van der Waals surface area contributed by atoms with Crippen molar-refractivity contribution < 1.29 is 18.3 Å². The second kappa shape index (κ2) is 8.77. The first-order valence-corrected chi connectivity index (χ1v) is 11.4. The average molecular weight is 501 g/mol. The number of hydrogen-bond acceptors (Lipinski definition) is 5. The minimum absolute atomic E-state index is 0.0467. The van der Waals surface area contributed by atoms with Crippen LogP contribution >= 0.6 is 15.9 Å². The van der Waals surface area contributed by atoms with Gasteiger partial charge in [0.05, 0.1) is 30.2 Å². The van der Waals surface area contributed by atoms with Crippen LogP contribution in [0.3, 0.4) is 0 Å². The lowest BCUT2D eigenvalue weighted by atomic mass is 9.98. The summed E-state index contributed by atoms with van der Waals surface area (Å²) in [7, 11) is 0. The van der Waals surface area contributed by atoms with Gasteiger partial charge in [-0.2, -0.15) is 0 Å². The van der Waals surface area contributed by atoms with E-state index in [-0.39, 0.29) is 22.7 Å². The molecule has 32 heavy (non-hydrogen) atoms. The lowest BCUT2D eigenvalue weighted by Crippen LogP contribution is -2.38. The van der Waals surface area contributed by atoms with Crippen LogP contribution in [0.5, 0.6) is 0 Å². The van der Waals surface area contributed by atoms with Gasteiger partial charge in [0.1, 0.15) is 11.4 Å². The third kappa shape index (κ3) is 3.87. The molecule has 0 spiro atoms. The first-order chi connectivity index (χ1) is 15.5. The first-order valence-electron chi connectivity index (χ1n) is 10.7. The molecule has 8 heteroatoms. The molecule has 3 heterocycles. The fraction of sp³-hybridized carbons (Fsp3) is 0.333.